The van der Waals surface area contributed by atoms with Crippen LogP contribution in [0.5, 0.6) is 0 Å². The summed E-state index contributed by atoms with van der Waals surface area (Å²) in [7, 11) is 0. The lowest BCUT2D eigenvalue weighted by Crippen LogP contribution is -2.08. The summed E-state index contributed by atoms with van der Waals surface area (Å²) in [4.78, 5) is 8.87. The lowest BCUT2D eigenvalue weighted by molar-refractivity contribution is 0.776. The van der Waals surface area contributed by atoms with Gasteiger partial charge in [-0.05, 0) is 47.5 Å². The number of anilines is 3. The Hall–Kier alpha value is -1.33. The van der Waals surface area contributed by atoms with Crippen molar-refractivity contribution < 1.29 is 0 Å². The third-order valence-corrected chi connectivity index (χ3v) is 4.28. The molecule has 0 aliphatic carbocycles. The van der Waals surface area contributed by atoms with Crippen LogP contribution in [0.25, 0.3) is 0 Å². The normalized spacial score (nSPS) is 11.0. The van der Waals surface area contributed by atoms with Crippen LogP contribution in [0.4, 0.5) is 17.3 Å². The highest BCUT2D eigenvalue weighted by Gasteiger charge is 2.13. The fourth-order valence-corrected chi connectivity index (χ4v) is 2.52. The van der Waals surface area contributed by atoms with Crippen molar-refractivity contribution in [3.63, 3.8) is 0 Å². The Morgan fingerprint density at radius 2 is 1.90 bits per heavy atom. The van der Waals surface area contributed by atoms with Crippen LogP contribution in [0.3, 0.4) is 0 Å². The molecular weight excluding hydrogens is 352 g/mol. The molecule has 1 heterocycles. The Kier molecular flexibility index (Phi) is 4.74. The van der Waals surface area contributed by atoms with Gasteiger partial charge in [0.25, 0.3) is 0 Å². The minimum atomic E-state index is 0.207. The number of halogens is 2. The number of nitrogens with one attached hydrogen (secondary N) is 1. The van der Waals surface area contributed by atoms with Gasteiger partial charge in [0.1, 0.15) is 17.5 Å². The second-order valence-electron chi connectivity index (χ2n) is 5.30. The number of nitrogens with zero attached hydrogens (tertiary/aromatic N) is 2. The van der Waals surface area contributed by atoms with Gasteiger partial charge in [-0.2, -0.15) is 0 Å². The van der Waals surface area contributed by atoms with Crippen molar-refractivity contribution in [3.05, 3.63) is 38.6 Å². The van der Waals surface area contributed by atoms with Gasteiger partial charge in [-0.3, -0.25) is 0 Å². The zero-order valence-electron chi connectivity index (χ0n) is 12.5. The maximum absolute atomic E-state index is 6.19. The molecule has 112 valence electrons. The van der Waals surface area contributed by atoms with E-state index in [1.807, 2.05) is 39.8 Å². The highest BCUT2D eigenvalue weighted by atomic mass is 79.9. The molecule has 21 heavy (non-hydrogen) atoms. The highest BCUT2D eigenvalue weighted by molar-refractivity contribution is 9.10. The number of rotatable bonds is 3. The third kappa shape index (κ3) is 3.47. The van der Waals surface area contributed by atoms with Gasteiger partial charge in [0.15, 0.2) is 0 Å². The van der Waals surface area contributed by atoms with E-state index in [0.29, 0.717) is 16.7 Å². The molecule has 0 spiro atoms. The smallest absolute Gasteiger partial charge is 0.139 e. The molecule has 0 unspecified atom stereocenters. The Bertz CT molecular complexity index is 686. The predicted molar refractivity (Wildman–Crippen MR) is 92.4 cm³/mol. The SMILES string of the molecule is Cc1cc(Br)c(Nc2nc(C(C)C)nc(N)c2C)cc1Cl. The molecule has 1 aromatic carbocycles. The molecule has 0 atom stereocenters. The minimum Gasteiger partial charge on any atom is -0.383 e. The lowest BCUT2D eigenvalue weighted by atomic mass is 10.2. The molecule has 6 heteroatoms. The van der Waals surface area contributed by atoms with Crippen LogP contribution < -0.4 is 11.1 Å². The molecule has 0 amide bonds. The summed E-state index contributed by atoms with van der Waals surface area (Å²) in [6, 6.07) is 3.83. The Morgan fingerprint density at radius 3 is 2.52 bits per heavy atom. The number of hydrogen-bond donors (Lipinski definition) is 2. The lowest BCUT2D eigenvalue weighted by Gasteiger charge is -2.15. The largest absolute Gasteiger partial charge is 0.383 e. The zero-order valence-corrected chi connectivity index (χ0v) is 14.8. The number of aryl methyl sites for hydroxylation is 1. The van der Waals surface area contributed by atoms with Crippen LogP contribution in [0.15, 0.2) is 16.6 Å². The van der Waals surface area contributed by atoms with Crippen LogP contribution in [-0.2, 0) is 0 Å². The van der Waals surface area contributed by atoms with Gasteiger partial charge in [-0.25, -0.2) is 9.97 Å². The summed E-state index contributed by atoms with van der Waals surface area (Å²) in [5.74, 6) is 2.12. The summed E-state index contributed by atoms with van der Waals surface area (Å²) in [6.45, 7) is 7.92. The van der Waals surface area contributed by atoms with Crippen LogP contribution in [0.1, 0.15) is 36.7 Å². The molecule has 2 rings (SSSR count). The quantitative estimate of drug-likeness (QED) is 0.802. The average molecular weight is 370 g/mol. The maximum Gasteiger partial charge on any atom is 0.139 e. The van der Waals surface area contributed by atoms with Crippen molar-refractivity contribution in [1.29, 1.82) is 0 Å². The van der Waals surface area contributed by atoms with E-state index in [0.717, 1.165) is 27.1 Å². The van der Waals surface area contributed by atoms with Crippen LogP contribution in [-0.4, -0.2) is 9.97 Å². The van der Waals surface area contributed by atoms with E-state index in [2.05, 4.69) is 31.2 Å². The second kappa shape index (κ2) is 6.20. The van der Waals surface area contributed by atoms with E-state index in [4.69, 9.17) is 17.3 Å². The summed E-state index contributed by atoms with van der Waals surface area (Å²) < 4.78 is 0.923. The van der Waals surface area contributed by atoms with Gasteiger partial charge in [-0.1, -0.05) is 25.4 Å². The predicted octanol–water partition coefficient (Wildman–Crippen LogP) is 4.96. The zero-order chi connectivity index (χ0) is 15.7. The number of benzene rings is 1. The Morgan fingerprint density at radius 1 is 1.24 bits per heavy atom. The van der Waals surface area contributed by atoms with Gasteiger partial charge in [0, 0.05) is 21.0 Å². The van der Waals surface area contributed by atoms with Crippen molar-refractivity contribution >= 4 is 44.9 Å². The first-order valence-corrected chi connectivity index (χ1v) is 7.83. The van der Waals surface area contributed by atoms with Gasteiger partial charge >= 0.3 is 0 Å². The van der Waals surface area contributed by atoms with E-state index in [9.17, 15) is 0 Å². The summed E-state index contributed by atoms with van der Waals surface area (Å²) in [5.41, 5.74) is 8.66. The highest BCUT2D eigenvalue weighted by Crippen LogP contribution is 2.32. The first kappa shape index (κ1) is 16.0. The van der Waals surface area contributed by atoms with Gasteiger partial charge in [0.05, 0.1) is 5.69 Å². The van der Waals surface area contributed by atoms with Crippen LogP contribution in [0, 0.1) is 13.8 Å². The van der Waals surface area contributed by atoms with E-state index in [1.54, 1.807) is 0 Å². The molecule has 0 saturated carbocycles. The molecule has 0 fully saturated rings. The minimum absolute atomic E-state index is 0.207. The first-order valence-electron chi connectivity index (χ1n) is 6.66. The van der Waals surface area contributed by atoms with Gasteiger partial charge in [0.2, 0.25) is 0 Å². The standard InChI is InChI=1S/C15H18BrClN4/c1-7(2)14-20-13(18)9(4)15(21-14)19-12-6-11(17)8(3)5-10(12)16/h5-7H,1-4H3,(H3,18,19,20,21). The van der Waals surface area contributed by atoms with E-state index < -0.39 is 0 Å². The molecule has 0 aliphatic heterocycles. The molecule has 2 aromatic rings. The maximum atomic E-state index is 6.19. The van der Waals surface area contributed by atoms with Crippen molar-refractivity contribution in [3.8, 4) is 0 Å². The summed E-state index contributed by atoms with van der Waals surface area (Å²) in [6.07, 6.45) is 0. The van der Waals surface area contributed by atoms with Gasteiger partial charge < -0.3 is 11.1 Å². The molecule has 1 aromatic heterocycles. The Balaban J connectivity index is 2.46. The fourth-order valence-electron chi connectivity index (χ4n) is 1.80. The first-order chi connectivity index (χ1) is 9.79. The fraction of sp³-hybridized carbons (Fsp3) is 0.333. The second-order valence-corrected chi connectivity index (χ2v) is 6.56. The molecular formula is C15H18BrClN4. The topological polar surface area (TPSA) is 63.8 Å². The molecule has 0 radical (unpaired) electrons. The van der Waals surface area contributed by atoms with Crippen LogP contribution in [0.2, 0.25) is 5.02 Å². The van der Waals surface area contributed by atoms with E-state index >= 15 is 0 Å². The monoisotopic (exact) mass is 368 g/mol. The molecule has 0 saturated heterocycles. The van der Waals surface area contributed by atoms with Crippen molar-refractivity contribution in [2.45, 2.75) is 33.6 Å². The summed E-state index contributed by atoms with van der Waals surface area (Å²) >= 11 is 9.72. The molecule has 4 nitrogen and oxygen atoms in total. The number of nitrogen functional groups attached to an aromatic ring is 1. The Labute approximate surface area is 138 Å². The van der Waals surface area contributed by atoms with Crippen molar-refractivity contribution in [2.24, 2.45) is 0 Å². The van der Waals surface area contributed by atoms with Gasteiger partial charge in [-0.15, -0.1) is 0 Å². The number of nitrogens with two attached hydrogens (primary N) is 1. The average Bonchev–Trinajstić information content (AvgIpc) is 2.40. The molecule has 0 bridgehead atoms. The number of aromatic nitrogens is 2. The summed E-state index contributed by atoms with van der Waals surface area (Å²) in [5, 5.41) is 3.98. The van der Waals surface area contributed by atoms with E-state index in [1.165, 1.54) is 0 Å². The number of hydrogen-bond acceptors (Lipinski definition) is 4. The van der Waals surface area contributed by atoms with Crippen molar-refractivity contribution in [2.75, 3.05) is 11.1 Å². The van der Waals surface area contributed by atoms with Crippen LogP contribution >= 0.6 is 27.5 Å². The third-order valence-electron chi connectivity index (χ3n) is 3.22. The molecule has 3 N–H and O–H groups in total. The van der Waals surface area contributed by atoms with E-state index in [-0.39, 0.29) is 5.92 Å². The molecule has 0 aliphatic rings. The van der Waals surface area contributed by atoms with Crippen molar-refractivity contribution in [1.82, 2.24) is 9.97 Å².